The second-order valence-corrected chi connectivity index (χ2v) is 8.17. The first kappa shape index (κ1) is 23.2. The second-order valence-electron chi connectivity index (χ2n) is 8.17. The van der Waals surface area contributed by atoms with Crippen LogP contribution in [0.25, 0.3) is 0 Å². The molecule has 1 saturated heterocycles. The van der Waals surface area contributed by atoms with E-state index >= 15 is 0 Å². The van der Waals surface area contributed by atoms with Crippen LogP contribution in [-0.2, 0) is 9.59 Å². The van der Waals surface area contributed by atoms with Crippen molar-refractivity contribution in [1.29, 1.82) is 0 Å². The lowest BCUT2D eigenvalue weighted by Gasteiger charge is -2.29. The van der Waals surface area contributed by atoms with E-state index in [0.29, 0.717) is 24.1 Å². The van der Waals surface area contributed by atoms with Gasteiger partial charge in [-0.1, -0.05) is 5.16 Å². The Balaban J connectivity index is 0.000000537. The first-order chi connectivity index (χ1) is 13.6. The predicted molar refractivity (Wildman–Crippen MR) is 102 cm³/mol. The van der Waals surface area contributed by atoms with Gasteiger partial charge in [0.05, 0.1) is 12.6 Å². The number of carbonyl (C=O) groups is 2. The predicted octanol–water partition coefficient (Wildman–Crippen LogP) is 1.94. The molecule has 164 valence electrons. The Morgan fingerprint density at radius 2 is 2.00 bits per heavy atom. The Bertz CT molecular complexity index is 675. The third-order valence-corrected chi connectivity index (χ3v) is 5.34. The van der Waals surface area contributed by atoms with Gasteiger partial charge >= 0.3 is 0 Å². The fraction of sp³-hybridized carbons (Fsp3) is 0.789. The Hall–Kier alpha value is -2.10. The van der Waals surface area contributed by atoms with Crippen molar-refractivity contribution >= 4 is 12.3 Å². The average Bonchev–Trinajstić information content (AvgIpc) is 3.27. The number of halogens is 2. The van der Waals surface area contributed by atoms with Gasteiger partial charge in [0.2, 0.25) is 18.2 Å². The normalized spacial score (nSPS) is 24.4. The van der Waals surface area contributed by atoms with Gasteiger partial charge in [-0.05, 0) is 44.9 Å². The van der Waals surface area contributed by atoms with Crippen molar-refractivity contribution in [2.75, 3.05) is 27.2 Å². The summed E-state index contributed by atoms with van der Waals surface area (Å²) in [4.78, 5) is 28.6. The number of hydrogen-bond acceptors (Lipinski definition) is 6. The summed E-state index contributed by atoms with van der Waals surface area (Å²) in [5.74, 6) is -1.18. The second kappa shape index (κ2) is 10.1. The number of nitrogens with two attached hydrogens (primary N) is 1. The number of aromatic nitrogens is 2. The SMILES string of the molecule is CN(C)C=O.Cc1noc(C2CCC(C[C@H](N)C(=O)N3CCC(F)(F)C3)CC2)n1. The molecule has 2 heterocycles. The molecule has 2 N–H and O–H groups in total. The van der Waals surface area contributed by atoms with E-state index in [1.54, 1.807) is 21.0 Å². The van der Waals surface area contributed by atoms with Crippen LogP contribution < -0.4 is 5.73 Å². The maximum atomic E-state index is 13.2. The third-order valence-electron chi connectivity index (χ3n) is 5.34. The first-order valence-electron chi connectivity index (χ1n) is 9.95. The maximum Gasteiger partial charge on any atom is 0.267 e. The molecule has 0 spiro atoms. The summed E-state index contributed by atoms with van der Waals surface area (Å²) in [6.07, 6.45) is 4.76. The number of rotatable bonds is 5. The van der Waals surface area contributed by atoms with E-state index in [0.717, 1.165) is 32.1 Å². The van der Waals surface area contributed by atoms with E-state index in [2.05, 4.69) is 10.1 Å². The van der Waals surface area contributed by atoms with Crippen molar-refractivity contribution < 1.29 is 22.9 Å². The van der Waals surface area contributed by atoms with Gasteiger partial charge in [0.1, 0.15) is 0 Å². The number of alkyl halides is 2. The van der Waals surface area contributed by atoms with Crippen molar-refractivity contribution in [3.05, 3.63) is 11.7 Å². The monoisotopic (exact) mass is 415 g/mol. The topological polar surface area (TPSA) is 106 Å². The molecule has 29 heavy (non-hydrogen) atoms. The highest BCUT2D eigenvalue weighted by Crippen LogP contribution is 2.37. The summed E-state index contributed by atoms with van der Waals surface area (Å²) < 4.78 is 31.7. The summed E-state index contributed by atoms with van der Waals surface area (Å²) in [5.41, 5.74) is 5.99. The van der Waals surface area contributed by atoms with Crippen LogP contribution in [0.2, 0.25) is 0 Å². The smallest absolute Gasteiger partial charge is 0.267 e. The highest BCUT2D eigenvalue weighted by atomic mass is 19.3. The minimum atomic E-state index is -2.77. The van der Waals surface area contributed by atoms with E-state index < -0.39 is 18.5 Å². The molecule has 3 rings (SSSR count). The van der Waals surface area contributed by atoms with Crippen molar-refractivity contribution in [2.45, 2.75) is 63.3 Å². The molecule has 0 unspecified atom stereocenters. The number of amides is 2. The first-order valence-corrected chi connectivity index (χ1v) is 9.95. The highest BCUT2D eigenvalue weighted by molar-refractivity contribution is 5.82. The summed E-state index contributed by atoms with van der Waals surface area (Å²) >= 11 is 0. The molecule has 1 atom stereocenters. The molecular formula is C19H31F2N5O3. The zero-order chi connectivity index (χ0) is 21.6. The molecule has 1 aliphatic heterocycles. The van der Waals surface area contributed by atoms with Crippen molar-refractivity contribution in [1.82, 2.24) is 19.9 Å². The lowest BCUT2D eigenvalue weighted by Crippen LogP contribution is -2.44. The van der Waals surface area contributed by atoms with Gasteiger partial charge in [-0.2, -0.15) is 4.98 Å². The van der Waals surface area contributed by atoms with Crippen LogP contribution in [0.3, 0.4) is 0 Å². The minimum Gasteiger partial charge on any atom is -0.351 e. The molecule has 1 aromatic rings. The van der Waals surface area contributed by atoms with E-state index in [1.165, 1.54) is 9.80 Å². The summed E-state index contributed by atoms with van der Waals surface area (Å²) in [6.45, 7) is 1.40. The maximum absolute atomic E-state index is 13.2. The summed E-state index contributed by atoms with van der Waals surface area (Å²) in [7, 11) is 3.38. The van der Waals surface area contributed by atoms with Gasteiger partial charge in [-0.3, -0.25) is 9.59 Å². The zero-order valence-electron chi connectivity index (χ0n) is 17.3. The molecule has 2 aliphatic rings. The molecule has 1 aromatic heterocycles. The average molecular weight is 415 g/mol. The van der Waals surface area contributed by atoms with Crippen LogP contribution >= 0.6 is 0 Å². The van der Waals surface area contributed by atoms with Crippen LogP contribution in [0, 0.1) is 12.8 Å². The molecule has 2 fully saturated rings. The minimum absolute atomic E-state index is 0.1000. The zero-order valence-corrected chi connectivity index (χ0v) is 17.3. The molecule has 8 nitrogen and oxygen atoms in total. The van der Waals surface area contributed by atoms with Crippen LogP contribution in [0.4, 0.5) is 8.78 Å². The lowest BCUT2D eigenvalue weighted by molar-refractivity contribution is -0.133. The van der Waals surface area contributed by atoms with Crippen LogP contribution in [-0.4, -0.2) is 71.4 Å². The number of hydrogen-bond donors (Lipinski definition) is 1. The fourth-order valence-electron chi connectivity index (χ4n) is 3.74. The molecule has 0 bridgehead atoms. The van der Waals surface area contributed by atoms with Crippen LogP contribution in [0.1, 0.15) is 56.2 Å². The Labute approximate surface area is 169 Å². The fourth-order valence-corrected chi connectivity index (χ4v) is 3.74. The van der Waals surface area contributed by atoms with E-state index in [1.807, 2.05) is 0 Å². The number of carbonyl (C=O) groups excluding carboxylic acids is 2. The van der Waals surface area contributed by atoms with E-state index in [-0.39, 0.29) is 24.8 Å². The highest BCUT2D eigenvalue weighted by Gasteiger charge is 2.41. The van der Waals surface area contributed by atoms with E-state index in [9.17, 15) is 18.4 Å². The van der Waals surface area contributed by atoms with E-state index in [4.69, 9.17) is 10.3 Å². The molecule has 0 radical (unpaired) electrons. The number of aryl methyl sites for hydroxylation is 1. The molecule has 10 heteroatoms. The third kappa shape index (κ3) is 7.02. The number of likely N-dealkylation sites (tertiary alicyclic amines) is 1. The van der Waals surface area contributed by atoms with Crippen LogP contribution in [0.5, 0.6) is 0 Å². The quantitative estimate of drug-likeness (QED) is 0.737. The van der Waals surface area contributed by atoms with Crippen molar-refractivity contribution in [3.63, 3.8) is 0 Å². The van der Waals surface area contributed by atoms with Crippen molar-refractivity contribution in [2.24, 2.45) is 11.7 Å². The largest absolute Gasteiger partial charge is 0.351 e. The standard InChI is InChI=1S/C16H24F2N4O2.C3H7NO/c1-10-20-14(24-21-10)12-4-2-11(3-5-12)8-13(19)15(23)22-7-6-16(17,18)9-22;1-4(2)3-5/h11-13H,2-9,19H2,1H3;3H,1-2H3/t11?,12?,13-;/m0./s1. The van der Waals surface area contributed by atoms with Gasteiger partial charge in [-0.15, -0.1) is 0 Å². The molecule has 1 aliphatic carbocycles. The van der Waals surface area contributed by atoms with Gasteiger partial charge in [0.15, 0.2) is 5.82 Å². The Kier molecular flexibility index (Phi) is 8.06. The Morgan fingerprint density at radius 3 is 2.45 bits per heavy atom. The van der Waals surface area contributed by atoms with Crippen LogP contribution in [0.15, 0.2) is 4.52 Å². The molecule has 0 aromatic carbocycles. The summed E-state index contributed by atoms with van der Waals surface area (Å²) in [5, 5.41) is 3.82. The van der Waals surface area contributed by atoms with Gasteiger partial charge < -0.3 is 20.1 Å². The lowest BCUT2D eigenvalue weighted by atomic mass is 9.79. The van der Waals surface area contributed by atoms with Crippen molar-refractivity contribution in [3.8, 4) is 0 Å². The Morgan fingerprint density at radius 1 is 1.38 bits per heavy atom. The molecule has 2 amide bonds. The number of nitrogens with zero attached hydrogens (tertiary/aromatic N) is 4. The van der Waals surface area contributed by atoms with Gasteiger partial charge in [-0.25, -0.2) is 8.78 Å². The van der Waals surface area contributed by atoms with Gasteiger partial charge in [0, 0.05) is 33.0 Å². The van der Waals surface area contributed by atoms with Gasteiger partial charge in [0.25, 0.3) is 5.92 Å². The molecule has 1 saturated carbocycles. The summed E-state index contributed by atoms with van der Waals surface area (Å²) in [6, 6.07) is -0.689. The molecular weight excluding hydrogens is 384 g/mol.